The molecule has 3 nitrogen and oxygen atoms in total. The Morgan fingerprint density at radius 1 is 1.26 bits per heavy atom. The third kappa shape index (κ3) is 1.89. The number of fused-ring (bicyclic) bond motifs is 2. The first-order chi connectivity index (χ1) is 8.94. The first kappa shape index (κ1) is 13.8. The minimum Gasteiger partial charge on any atom is -0.378 e. The van der Waals surface area contributed by atoms with E-state index in [1.54, 1.807) is 0 Å². The van der Waals surface area contributed by atoms with Crippen molar-refractivity contribution in [2.24, 2.45) is 16.7 Å². The van der Waals surface area contributed by atoms with Gasteiger partial charge in [-0.15, -0.1) is 0 Å². The molecule has 0 radical (unpaired) electrons. The molecular formula is C16H29NO2. The van der Waals surface area contributed by atoms with E-state index in [2.05, 4.69) is 26.1 Å². The van der Waals surface area contributed by atoms with Crippen LogP contribution in [0.5, 0.6) is 0 Å². The van der Waals surface area contributed by atoms with E-state index in [1.807, 2.05) is 7.11 Å². The fourth-order valence-corrected chi connectivity index (χ4v) is 4.78. The van der Waals surface area contributed by atoms with Crippen molar-refractivity contribution in [3.05, 3.63) is 0 Å². The van der Waals surface area contributed by atoms with Crippen molar-refractivity contribution < 1.29 is 9.47 Å². The summed E-state index contributed by atoms with van der Waals surface area (Å²) in [6, 6.07) is 0.647. The van der Waals surface area contributed by atoms with Crippen LogP contribution in [-0.2, 0) is 9.47 Å². The van der Waals surface area contributed by atoms with E-state index in [4.69, 9.17) is 9.47 Å². The summed E-state index contributed by atoms with van der Waals surface area (Å²) < 4.78 is 11.3. The van der Waals surface area contributed by atoms with Gasteiger partial charge in [-0.1, -0.05) is 20.8 Å². The molecule has 1 saturated heterocycles. The average Bonchev–Trinajstić information content (AvgIpc) is 2.99. The van der Waals surface area contributed by atoms with Crippen molar-refractivity contribution in [2.75, 3.05) is 26.9 Å². The van der Waals surface area contributed by atoms with Gasteiger partial charge in [0.05, 0.1) is 6.61 Å². The quantitative estimate of drug-likeness (QED) is 0.849. The zero-order valence-electron chi connectivity index (χ0n) is 12.9. The molecule has 4 atom stereocenters. The van der Waals surface area contributed by atoms with Crippen LogP contribution in [0.2, 0.25) is 0 Å². The summed E-state index contributed by atoms with van der Waals surface area (Å²) in [4.78, 5) is 0. The number of hydrogen-bond donors (Lipinski definition) is 1. The molecule has 3 rings (SSSR count). The molecule has 2 bridgehead atoms. The predicted molar refractivity (Wildman–Crippen MR) is 76.2 cm³/mol. The number of hydrogen-bond acceptors (Lipinski definition) is 3. The van der Waals surface area contributed by atoms with Crippen molar-refractivity contribution in [2.45, 2.75) is 58.1 Å². The summed E-state index contributed by atoms with van der Waals surface area (Å²) in [5.41, 5.74) is 0.853. The van der Waals surface area contributed by atoms with E-state index in [0.717, 1.165) is 32.1 Å². The van der Waals surface area contributed by atoms with Crippen LogP contribution in [0.4, 0.5) is 0 Å². The van der Waals surface area contributed by atoms with Crippen LogP contribution in [0.1, 0.15) is 46.5 Å². The molecule has 19 heavy (non-hydrogen) atoms. The number of methoxy groups -OCH3 is 1. The number of ether oxygens (including phenoxy) is 2. The van der Waals surface area contributed by atoms with Crippen LogP contribution >= 0.6 is 0 Å². The SMILES string of the molecule is COC1(CNC2CC3CCC2(C)C3(C)C)CCOC1. The standard InChI is InChI=1S/C16H29NO2/c1-14(2)12-5-6-15(14,3)13(9-12)17-10-16(18-4)7-8-19-11-16/h12-13,17H,5-11H2,1-4H3. The maximum Gasteiger partial charge on any atom is 0.106 e. The molecule has 3 fully saturated rings. The zero-order chi connectivity index (χ0) is 13.7. The second kappa shape index (κ2) is 4.44. The Morgan fingerprint density at radius 3 is 2.53 bits per heavy atom. The molecule has 1 heterocycles. The molecular weight excluding hydrogens is 238 g/mol. The summed E-state index contributed by atoms with van der Waals surface area (Å²) in [6.45, 7) is 9.95. The lowest BCUT2D eigenvalue weighted by molar-refractivity contribution is -0.0218. The highest BCUT2D eigenvalue weighted by molar-refractivity contribution is 5.13. The van der Waals surface area contributed by atoms with E-state index in [1.165, 1.54) is 19.3 Å². The topological polar surface area (TPSA) is 30.5 Å². The van der Waals surface area contributed by atoms with Gasteiger partial charge in [-0.2, -0.15) is 0 Å². The lowest BCUT2D eigenvalue weighted by atomic mass is 9.69. The van der Waals surface area contributed by atoms with Gasteiger partial charge in [0.2, 0.25) is 0 Å². The van der Waals surface area contributed by atoms with Crippen molar-refractivity contribution in [1.82, 2.24) is 5.32 Å². The highest BCUT2D eigenvalue weighted by Crippen LogP contribution is 2.65. The van der Waals surface area contributed by atoms with Gasteiger partial charge in [0.25, 0.3) is 0 Å². The highest BCUT2D eigenvalue weighted by atomic mass is 16.5. The van der Waals surface area contributed by atoms with Crippen LogP contribution < -0.4 is 5.32 Å². The molecule has 0 aromatic carbocycles. The number of rotatable bonds is 4. The average molecular weight is 267 g/mol. The maximum absolute atomic E-state index is 5.74. The first-order valence-corrected chi connectivity index (χ1v) is 7.80. The first-order valence-electron chi connectivity index (χ1n) is 7.80. The van der Waals surface area contributed by atoms with Crippen LogP contribution in [-0.4, -0.2) is 38.5 Å². The minimum absolute atomic E-state index is 0.0810. The Balaban J connectivity index is 1.66. The van der Waals surface area contributed by atoms with Crippen molar-refractivity contribution >= 4 is 0 Å². The molecule has 2 saturated carbocycles. The molecule has 3 aliphatic rings. The zero-order valence-corrected chi connectivity index (χ0v) is 12.9. The molecule has 4 unspecified atom stereocenters. The van der Waals surface area contributed by atoms with Gasteiger partial charge < -0.3 is 14.8 Å². The lowest BCUT2D eigenvalue weighted by Gasteiger charge is -2.41. The third-order valence-electron chi connectivity index (χ3n) is 6.96. The Kier molecular flexibility index (Phi) is 3.23. The normalized spacial score (nSPS) is 48.0. The fourth-order valence-electron chi connectivity index (χ4n) is 4.78. The summed E-state index contributed by atoms with van der Waals surface area (Å²) in [6.07, 6.45) is 5.15. The second-order valence-corrected chi connectivity index (χ2v) is 7.73. The highest BCUT2D eigenvalue weighted by Gasteiger charge is 2.61. The lowest BCUT2D eigenvalue weighted by Crippen LogP contribution is -2.51. The van der Waals surface area contributed by atoms with E-state index in [-0.39, 0.29) is 5.60 Å². The molecule has 3 heteroatoms. The molecule has 0 amide bonds. The smallest absolute Gasteiger partial charge is 0.106 e. The summed E-state index contributed by atoms with van der Waals surface area (Å²) in [7, 11) is 1.82. The molecule has 0 aromatic heterocycles. The van der Waals surface area contributed by atoms with Crippen molar-refractivity contribution in [3.8, 4) is 0 Å². The van der Waals surface area contributed by atoms with Gasteiger partial charge in [0.1, 0.15) is 5.60 Å². The number of nitrogens with one attached hydrogen (secondary N) is 1. The van der Waals surface area contributed by atoms with E-state index in [9.17, 15) is 0 Å². The Bertz CT molecular complexity index is 349. The van der Waals surface area contributed by atoms with Crippen LogP contribution in [0.15, 0.2) is 0 Å². The van der Waals surface area contributed by atoms with Crippen LogP contribution in [0.3, 0.4) is 0 Å². The monoisotopic (exact) mass is 267 g/mol. The van der Waals surface area contributed by atoms with Crippen LogP contribution in [0, 0.1) is 16.7 Å². The summed E-state index contributed by atoms with van der Waals surface area (Å²) in [5, 5.41) is 3.84. The molecule has 110 valence electrons. The van der Waals surface area contributed by atoms with Gasteiger partial charge >= 0.3 is 0 Å². The van der Waals surface area contributed by atoms with Gasteiger partial charge in [-0.3, -0.25) is 0 Å². The van der Waals surface area contributed by atoms with E-state index < -0.39 is 0 Å². The molecule has 0 aromatic rings. The Morgan fingerprint density at radius 2 is 2.05 bits per heavy atom. The van der Waals surface area contributed by atoms with Gasteiger partial charge in [0.15, 0.2) is 0 Å². The summed E-state index contributed by atoms with van der Waals surface area (Å²) in [5.74, 6) is 0.897. The Labute approximate surface area is 117 Å². The molecule has 1 aliphatic heterocycles. The third-order valence-corrected chi connectivity index (χ3v) is 6.96. The maximum atomic E-state index is 5.74. The van der Waals surface area contributed by atoms with Gasteiger partial charge in [-0.25, -0.2) is 0 Å². The van der Waals surface area contributed by atoms with E-state index >= 15 is 0 Å². The van der Waals surface area contributed by atoms with Gasteiger partial charge in [-0.05, 0) is 36.0 Å². The van der Waals surface area contributed by atoms with Crippen molar-refractivity contribution in [1.29, 1.82) is 0 Å². The van der Waals surface area contributed by atoms with Crippen molar-refractivity contribution in [3.63, 3.8) is 0 Å². The summed E-state index contributed by atoms with van der Waals surface area (Å²) >= 11 is 0. The van der Waals surface area contributed by atoms with Gasteiger partial charge in [0, 0.05) is 32.7 Å². The van der Waals surface area contributed by atoms with E-state index in [0.29, 0.717) is 16.9 Å². The fraction of sp³-hybridized carbons (Fsp3) is 1.00. The minimum atomic E-state index is -0.0810. The van der Waals surface area contributed by atoms with Crippen LogP contribution in [0.25, 0.3) is 0 Å². The molecule has 1 N–H and O–H groups in total. The Hall–Kier alpha value is -0.120. The predicted octanol–water partition coefficient (Wildman–Crippen LogP) is 2.60. The second-order valence-electron chi connectivity index (χ2n) is 7.73. The molecule has 0 spiro atoms. The molecule has 2 aliphatic carbocycles. The largest absolute Gasteiger partial charge is 0.378 e.